The lowest BCUT2D eigenvalue weighted by Crippen LogP contribution is -2.26. The maximum absolute atomic E-state index is 13.9. The Morgan fingerprint density at radius 1 is 1.20 bits per heavy atom. The SMILES string of the molecule is COc1ccc(C)cc1CC(C)(O)c1ccccc1F. The molecule has 2 aromatic carbocycles. The Balaban J connectivity index is 2.38. The Hall–Kier alpha value is -1.87. The lowest BCUT2D eigenvalue weighted by atomic mass is 9.88. The quantitative estimate of drug-likeness (QED) is 0.923. The van der Waals surface area contributed by atoms with Gasteiger partial charge in [0.1, 0.15) is 11.6 Å². The maximum Gasteiger partial charge on any atom is 0.129 e. The van der Waals surface area contributed by atoms with Crippen LogP contribution in [0.3, 0.4) is 0 Å². The topological polar surface area (TPSA) is 29.5 Å². The van der Waals surface area contributed by atoms with E-state index in [2.05, 4.69) is 0 Å². The zero-order valence-electron chi connectivity index (χ0n) is 12.0. The van der Waals surface area contributed by atoms with Crippen LogP contribution in [0.4, 0.5) is 4.39 Å². The van der Waals surface area contributed by atoms with Crippen LogP contribution in [-0.2, 0) is 12.0 Å². The van der Waals surface area contributed by atoms with Gasteiger partial charge in [-0.15, -0.1) is 0 Å². The van der Waals surface area contributed by atoms with E-state index in [0.717, 1.165) is 11.1 Å². The van der Waals surface area contributed by atoms with Gasteiger partial charge in [0.05, 0.1) is 12.7 Å². The van der Waals surface area contributed by atoms with Crippen LogP contribution in [0.1, 0.15) is 23.6 Å². The Morgan fingerprint density at radius 3 is 2.55 bits per heavy atom. The van der Waals surface area contributed by atoms with E-state index in [9.17, 15) is 9.50 Å². The fraction of sp³-hybridized carbons (Fsp3) is 0.294. The Kier molecular flexibility index (Phi) is 4.09. The summed E-state index contributed by atoms with van der Waals surface area (Å²) < 4.78 is 19.2. The van der Waals surface area contributed by atoms with E-state index in [4.69, 9.17) is 4.74 Å². The van der Waals surface area contributed by atoms with Crippen LogP contribution in [0.2, 0.25) is 0 Å². The number of hydrogen-bond acceptors (Lipinski definition) is 2. The molecule has 20 heavy (non-hydrogen) atoms. The second-order valence-corrected chi connectivity index (χ2v) is 5.25. The molecule has 0 aliphatic rings. The van der Waals surface area contributed by atoms with Crippen LogP contribution >= 0.6 is 0 Å². The van der Waals surface area contributed by atoms with E-state index < -0.39 is 11.4 Å². The highest BCUT2D eigenvalue weighted by Crippen LogP contribution is 2.31. The maximum atomic E-state index is 13.9. The number of aliphatic hydroxyl groups is 1. The molecule has 0 heterocycles. The minimum absolute atomic E-state index is 0.290. The van der Waals surface area contributed by atoms with Gasteiger partial charge < -0.3 is 9.84 Å². The van der Waals surface area contributed by atoms with Gasteiger partial charge in [0, 0.05) is 12.0 Å². The molecule has 2 rings (SSSR count). The van der Waals surface area contributed by atoms with Gasteiger partial charge >= 0.3 is 0 Å². The average molecular weight is 274 g/mol. The molecule has 2 aromatic rings. The summed E-state index contributed by atoms with van der Waals surface area (Å²) in [5.74, 6) is 0.302. The number of rotatable bonds is 4. The molecule has 106 valence electrons. The molecule has 3 heteroatoms. The summed E-state index contributed by atoms with van der Waals surface area (Å²) in [5, 5.41) is 10.6. The highest BCUT2D eigenvalue weighted by molar-refractivity contribution is 5.39. The zero-order chi connectivity index (χ0) is 14.8. The zero-order valence-corrected chi connectivity index (χ0v) is 12.0. The molecule has 0 saturated carbocycles. The first kappa shape index (κ1) is 14.5. The third-order valence-corrected chi connectivity index (χ3v) is 3.42. The highest BCUT2D eigenvalue weighted by atomic mass is 19.1. The van der Waals surface area contributed by atoms with Crippen molar-refractivity contribution in [1.29, 1.82) is 0 Å². The van der Waals surface area contributed by atoms with Gasteiger partial charge in [-0.05, 0) is 31.5 Å². The molecule has 0 amide bonds. The third-order valence-electron chi connectivity index (χ3n) is 3.42. The summed E-state index contributed by atoms with van der Waals surface area (Å²) in [6.45, 7) is 3.59. The van der Waals surface area contributed by atoms with Crippen LogP contribution < -0.4 is 4.74 Å². The minimum atomic E-state index is -1.29. The van der Waals surface area contributed by atoms with Gasteiger partial charge in [0.25, 0.3) is 0 Å². The molecular formula is C17H19FO2. The van der Waals surface area contributed by atoms with E-state index in [-0.39, 0.29) is 0 Å². The van der Waals surface area contributed by atoms with Crippen molar-refractivity contribution in [3.05, 3.63) is 65.0 Å². The van der Waals surface area contributed by atoms with Crippen molar-refractivity contribution in [2.75, 3.05) is 7.11 Å². The fourth-order valence-electron chi connectivity index (χ4n) is 2.41. The first-order valence-corrected chi connectivity index (χ1v) is 6.55. The second kappa shape index (κ2) is 5.63. The van der Waals surface area contributed by atoms with Crippen molar-refractivity contribution in [2.24, 2.45) is 0 Å². The first-order chi connectivity index (χ1) is 9.44. The van der Waals surface area contributed by atoms with E-state index in [1.807, 2.05) is 25.1 Å². The van der Waals surface area contributed by atoms with E-state index in [0.29, 0.717) is 17.7 Å². The summed E-state index contributed by atoms with van der Waals surface area (Å²) in [4.78, 5) is 0. The largest absolute Gasteiger partial charge is 0.496 e. The van der Waals surface area contributed by atoms with Crippen molar-refractivity contribution < 1.29 is 14.2 Å². The van der Waals surface area contributed by atoms with Crippen molar-refractivity contribution in [1.82, 2.24) is 0 Å². The molecule has 2 nitrogen and oxygen atoms in total. The average Bonchev–Trinajstić information content (AvgIpc) is 2.39. The number of ether oxygens (including phenoxy) is 1. The lowest BCUT2D eigenvalue weighted by Gasteiger charge is -2.25. The Bertz CT molecular complexity index is 606. The molecule has 0 aliphatic carbocycles. The van der Waals surface area contributed by atoms with Gasteiger partial charge in [-0.3, -0.25) is 0 Å². The van der Waals surface area contributed by atoms with Gasteiger partial charge in [-0.2, -0.15) is 0 Å². The number of halogens is 1. The molecule has 0 fully saturated rings. The summed E-state index contributed by atoms with van der Waals surface area (Å²) in [7, 11) is 1.59. The highest BCUT2D eigenvalue weighted by Gasteiger charge is 2.27. The van der Waals surface area contributed by atoms with Gasteiger partial charge in [-0.1, -0.05) is 35.9 Å². The van der Waals surface area contributed by atoms with E-state index in [1.165, 1.54) is 6.07 Å². The first-order valence-electron chi connectivity index (χ1n) is 6.55. The molecule has 0 bridgehead atoms. The Morgan fingerprint density at radius 2 is 1.90 bits per heavy atom. The van der Waals surface area contributed by atoms with Crippen molar-refractivity contribution >= 4 is 0 Å². The van der Waals surface area contributed by atoms with E-state index in [1.54, 1.807) is 32.2 Å². The minimum Gasteiger partial charge on any atom is -0.496 e. The molecule has 0 radical (unpaired) electrons. The van der Waals surface area contributed by atoms with Crippen molar-refractivity contribution in [3.8, 4) is 5.75 Å². The van der Waals surface area contributed by atoms with Gasteiger partial charge in [0.2, 0.25) is 0 Å². The van der Waals surface area contributed by atoms with Gasteiger partial charge in [-0.25, -0.2) is 4.39 Å². The smallest absolute Gasteiger partial charge is 0.129 e. The predicted octanol–water partition coefficient (Wildman–Crippen LogP) is 3.59. The molecule has 1 N–H and O–H groups in total. The molecule has 0 aromatic heterocycles. The van der Waals surface area contributed by atoms with E-state index >= 15 is 0 Å². The summed E-state index contributed by atoms with van der Waals surface area (Å²) in [5.41, 5.74) is 0.946. The molecule has 0 spiro atoms. The molecule has 1 unspecified atom stereocenters. The second-order valence-electron chi connectivity index (χ2n) is 5.25. The fourth-order valence-corrected chi connectivity index (χ4v) is 2.41. The molecule has 0 aliphatic heterocycles. The van der Waals surface area contributed by atoms with Crippen molar-refractivity contribution in [2.45, 2.75) is 25.9 Å². The number of methoxy groups -OCH3 is 1. The summed E-state index contributed by atoms with van der Waals surface area (Å²) >= 11 is 0. The monoisotopic (exact) mass is 274 g/mol. The number of aryl methyl sites for hydroxylation is 1. The Labute approximate surface area is 118 Å². The van der Waals surface area contributed by atoms with Crippen LogP contribution in [-0.4, -0.2) is 12.2 Å². The van der Waals surface area contributed by atoms with Crippen LogP contribution in [0.5, 0.6) is 5.75 Å². The van der Waals surface area contributed by atoms with Crippen molar-refractivity contribution in [3.63, 3.8) is 0 Å². The number of hydrogen-bond donors (Lipinski definition) is 1. The van der Waals surface area contributed by atoms with Crippen LogP contribution in [0.15, 0.2) is 42.5 Å². The molecular weight excluding hydrogens is 255 g/mol. The lowest BCUT2D eigenvalue weighted by molar-refractivity contribution is 0.0531. The van der Waals surface area contributed by atoms with Crippen LogP contribution in [0.25, 0.3) is 0 Å². The summed E-state index contributed by atoms with van der Waals surface area (Å²) in [6, 6.07) is 12.1. The summed E-state index contributed by atoms with van der Waals surface area (Å²) in [6.07, 6.45) is 0.290. The molecule has 0 saturated heterocycles. The normalized spacial score (nSPS) is 13.8. The standard InChI is InChI=1S/C17H19FO2/c1-12-8-9-16(20-3)13(10-12)11-17(2,19)14-6-4-5-7-15(14)18/h4-10,19H,11H2,1-3H3. The van der Waals surface area contributed by atoms with Gasteiger partial charge in [0.15, 0.2) is 0 Å². The number of benzene rings is 2. The third kappa shape index (κ3) is 2.99. The predicted molar refractivity (Wildman–Crippen MR) is 77.4 cm³/mol. The molecule has 1 atom stereocenters. The van der Waals surface area contributed by atoms with Crippen LogP contribution in [0, 0.1) is 12.7 Å².